The van der Waals surface area contributed by atoms with Crippen molar-refractivity contribution >= 4 is 27.7 Å². The predicted molar refractivity (Wildman–Crippen MR) is 149 cm³/mol. The quantitative estimate of drug-likeness (QED) is 0.317. The van der Waals surface area contributed by atoms with Crippen molar-refractivity contribution in [3.05, 3.63) is 53.2 Å². The Labute approximate surface area is 230 Å². The number of carbonyl (C=O) groups is 2. The van der Waals surface area contributed by atoms with Crippen LogP contribution in [-0.2, 0) is 32.5 Å². The lowest BCUT2D eigenvalue weighted by Gasteiger charge is -2.35. The van der Waals surface area contributed by atoms with Crippen LogP contribution < -0.4 is 10.6 Å². The maximum Gasteiger partial charge on any atom is 0.327 e. The molecule has 39 heavy (non-hydrogen) atoms. The van der Waals surface area contributed by atoms with Gasteiger partial charge in [0.1, 0.15) is 11.9 Å². The monoisotopic (exact) mass is 557 g/mol. The fourth-order valence-corrected chi connectivity index (χ4v) is 6.52. The summed E-state index contributed by atoms with van der Waals surface area (Å²) in [5.74, 6) is -1.56. The fraction of sp³-hybridized carbons (Fsp3) is 0.536. The number of pyridine rings is 1. The molecule has 3 heterocycles. The maximum absolute atomic E-state index is 13.6. The number of carboxylic acids is 1. The number of sulfonamides is 1. The van der Waals surface area contributed by atoms with Gasteiger partial charge < -0.3 is 20.6 Å². The summed E-state index contributed by atoms with van der Waals surface area (Å²) in [6.07, 6.45) is 4.86. The number of carbonyl (C=O) groups excluding carboxylic acids is 1. The molecule has 2 aromatic rings. The number of hydrogen-bond donors (Lipinski definition) is 3. The minimum Gasteiger partial charge on any atom is -0.480 e. The molecule has 4 rings (SSSR count). The van der Waals surface area contributed by atoms with E-state index in [1.165, 1.54) is 17.7 Å². The van der Waals surface area contributed by atoms with E-state index in [0.717, 1.165) is 62.3 Å². The molecule has 0 unspecified atom stereocenters. The number of hydrogen-bond acceptors (Lipinski definition) is 8. The van der Waals surface area contributed by atoms with Gasteiger partial charge >= 0.3 is 5.97 Å². The molecule has 0 saturated carbocycles. The molecule has 3 N–H and O–H groups in total. The Morgan fingerprint density at radius 2 is 1.85 bits per heavy atom. The van der Waals surface area contributed by atoms with Gasteiger partial charge in [0.2, 0.25) is 5.91 Å². The number of unbranched alkanes of at least 4 members (excludes halogenated alkanes) is 1. The van der Waals surface area contributed by atoms with E-state index in [1.54, 1.807) is 12.1 Å². The van der Waals surface area contributed by atoms with Crippen molar-refractivity contribution in [2.24, 2.45) is 5.92 Å². The van der Waals surface area contributed by atoms with Crippen LogP contribution in [0.25, 0.3) is 0 Å². The minimum atomic E-state index is -4.34. The molecule has 212 valence electrons. The molecule has 1 saturated heterocycles. The third-order valence-electron chi connectivity index (χ3n) is 7.45. The second-order valence-corrected chi connectivity index (χ2v) is 12.4. The average molecular weight is 558 g/mol. The summed E-state index contributed by atoms with van der Waals surface area (Å²) in [7, 11) is -2.46. The standard InChI is InChI=1S/C28H39N5O5S/c1-20-8-12-24(13-9-20)39(37,38)33(27(34)22-18-29-19-22)25(28(35)36)14-17-32(2)16-4-3-7-23-11-10-21-6-5-15-30-26(21)31-23/h8-13,22,25,29H,3-7,14-19H2,1-2H3,(H,30,31)(H,35,36)/t25-/m0/s1. The molecule has 1 atom stereocenters. The van der Waals surface area contributed by atoms with E-state index in [-0.39, 0.29) is 11.3 Å². The minimum absolute atomic E-state index is 0.000854. The summed E-state index contributed by atoms with van der Waals surface area (Å²) in [6.45, 7) is 4.52. The molecule has 11 heteroatoms. The molecule has 0 spiro atoms. The van der Waals surface area contributed by atoms with Crippen LogP contribution in [0.15, 0.2) is 41.3 Å². The molecule has 0 radical (unpaired) electrons. The first kappa shape index (κ1) is 29.0. The molecule has 2 aliphatic rings. The predicted octanol–water partition coefficient (Wildman–Crippen LogP) is 2.28. The van der Waals surface area contributed by atoms with Gasteiger partial charge in [-0.25, -0.2) is 22.5 Å². The Balaban J connectivity index is 1.36. The zero-order valence-electron chi connectivity index (χ0n) is 22.7. The fourth-order valence-electron chi connectivity index (χ4n) is 4.90. The number of anilines is 1. The lowest BCUT2D eigenvalue weighted by molar-refractivity contribution is -0.148. The Kier molecular flexibility index (Phi) is 9.58. The molecule has 10 nitrogen and oxygen atoms in total. The first-order valence-electron chi connectivity index (χ1n) is 13.7. The van der Waals surface area contributed by atoms with E-state index in [1.807, 2.05) is 18.9 Å². The van der Waals surface area contributed by atoms with Crippen LogP contribution in [-0.4, -0.2) is 85.4 Å². The molecule has 1 amide bonds. The summed E-state index contributed by atoms with van der Waals surface area (Å²) in [6, 6.07) is 8.87. The Morgan fingerprint density at radius 3 is 2.51 bits per heavy atom. The molecular formula is C28H39N5O5S. The third kappa shape index (κ3) is 7.14. The maximum atomic E-state index is 13.6. The number of amides is 1. The highest BCUT2D eigenvalue weighted by Gasteiger charge is 2.43. The summed E-state index contributed by atoms with van der Waals surface area (Å²) in [4.78, 5) is 32.2. The van der Waals surface area contributed by atoms with Gasteiger partial charge in [0, 0.05) is 31.9 Å². The average Bonchev–Trinajstić information content (AvgIpc) is 2.87. The Bertz CT molecular complexity index is 1260. The van der Waals surface area contributed by atoms with Gasteiger partial charge in [-0.3, -0.25) is 4.79 Å². The van der Waals surface area contributed by atoms with Gasteiger partial charge in [0.05, 0.1) is 10.8 Å². The number of rotatable bonds is 13. The summed E-state index contributed by atoms with van der Waals surface area (Å²) < 4.78 is 27.7. The Morgan fingerprint density at radius 1 is 1.10 bits per heavy atom. The van der Waals surface area contributed by atoms with Crippen LogP contribution in [0.5, 0.6) is 0 Å². The number of carboxylic acid groups (broad SMARTS) is 1. The molecule has 1 aromatic carbocycles. The largest absolute Gasteiger partial charge is 0.480 e. The van der Waals surface area contributed by atoms with Gasteiger partial charge in [0.15, 0.2) is 0 Å². The van der Waals surface area contributed by atoms with Gasteiger partial charge in [-0.05, 0) is 82.8 Å². The van der Waals surface area contributed by atoms with E-state index in [2.05, 4.69) is 22.8 Å². The number of fused-ring (bicyclic) bond motifs is 1. The smallest absolute Gasteiger partial charge is 0.327 e. The highest BCUT2D eigenvalue weighted by Crippen LogP contribution is 2.25. The number of aliphatic carboxylic acids is 1. The zero-order chi connectivity index (χ0) is 28.0. The van der Waals surface area contributed by atoms with Crippen LogP contribution in [0, 0.1) is 12.8 Å². The van der Waals surface area contributed by atoms with E-state index in [0.29, 0.717) is 23.9 Å². The Hall–Kier alpha value is -3.02. The highest BCUT2D eigenvalue weighted by atomic mass is 32.2. The number of benzene rings is 1. The summed E-state index contributed by atoms with van der Waals surface area (Å²) in [5, 5.41) is 16.4. The second-order valence-electron chi connectivity index (χ2n) is 10.6. The number of aryl methyl sites for hydroxylation is 3. The van der Waals surface area contributed by atoms with E-state index >= 15 is 0 Å². The molecule has 0 aliphatic carbocycles. The van der Waals surface area contributed by atoms with E-state index < -0.39 is 33.9 Å². The lowest BCUT2D eigenvalue weighted by atomic mass is 10.0. The van der Waals surface area contributed by atoms with Crippen molar-refractivity contribution < 1.29 is 23.1 Å². The van der Waals surface area contributed by atoms with Crippen molar-refractivity contribution in [1.82, 2.24) is 19.5 Å². The van der Waals surface area contributed by atoms with Crippen LogP contribution in [0.3, 0.4) is 0 Å². The van der Waals surface area contributed by atoms with Gasteiger partial charge in [-0.2, -0.15) is 0 Å². The normalized spacial score (nSPS) is 16.2. The summed E-state index contributed by atoms with van der Waals surface area (Å²) in [5.41, 5.74) is 3.19. The van der Waals surface area contributed by atoms with Crippen LogP contribution in [0.2, 0.25) is 0 Å². The first-order valence-corrected chi connectivity index (χ1v) is 15.1. The van der Waals surface area contributed by atoms with Gasteiger partial charge in [-0.15, -0.1) is 0 Å². The first-order chi connectivity index (χ1) is 18.7. The lowest BCUT2D eigenvalue weighted by Crippen LogP contribution is -2.57. The molecule has 0 bridgehead atoms. The molecule has 2 aliphatic heterocycles. The van der Waals surface area contributed by atoms with E-state index in [9.17, 15) is 23.1 Å². The van der Waals surface area contributed by atoms with Crippen molar-refractivity contribution in [2.45, 2.75) is 56.4 Å². The van der Waals surface area contributed by atoms with Crippen molar-refractivity contribution in [3.63, 3.8) is 0 Å². The van der Waals surface area contributed by atoms with Crippen LogP contribution in [0.4, 0.5) is 5.82 Å². The number of aromatic nitrogens is 1. The van der Waals surface area contributed by atoms with Crippen molar-refractivity contribution in [3.8, 4) is 0 Å². The number of nitrogens with zero attached hydrogens (tertiary/aromatic N) is 3. The topological polar surface area (TPSA) is 132 Å². The molecule has 1 aromatic heterocycles. The molecule has 1 fully saturated rings. The second kappa shape index (κ2) is 12.9. The van der Waals surface area contributed by atoms with Crippen LogP contribution >= 0.6 is 0 Å². The van der Waals surface area contributed by atoms with Crippen molar-refractivity contribution in [2.75, 3.05) is 45.1 Å². The van der Waals surface area contributed by atoms with Gasteiger partial charge in [0.25, 0.3) is 10.0 Å². The van der Waals surface area contributed by atoms with Crippen molar-refractivity contribution in [1.29, 1.82) is 0 Å². The van der Waals surface area contributed by atoms with E-state index in [4.69, 9.17) is 4.98 Å². The van der Waals surface area contributed by atoms with Crippen LogP contribution in [0.1, 0.15) is 42.5 Å². The third-order valence-corrected chi connectivity index (χ3v) is 9.27. The van der Waals surface area contributed by atoms with Gasteiger partial charge in [-0.1, -0.05) is 23.8 Å². The SMILES string of the molecule is Cc1ccc(S(=O)(=O)N(C(=O)C2CNC2)[C@@H](CCN(C)CCCCc2ccc3c(n2)NCCC3)C(=O)O)cc1. The highest BCUT2D eigenvalue weighted by molar-refractivity contribution is 7.89. The zero-order valence-corrected chi connectivity index (χ0v) is 23.5. The number of nitrogens with one attached hydrogen (secondary N) is 2. The molecular weight excluding hydrogens is 518 g/mol. The summed E-state index contributed by atoms with van der Waals surface area (Å²) >= 11 is 0.